The number of halogens is 5. The predicted molar refractivity (Wildman–Crippen MR) is 82.2 cm³/mol. The van der Waals surface area contributed by atoms with Crippen LogP contribution in [0, 0.1) is 11.6 Å². The summed E-state index contributed by atoms with van der Waals surface area (Å²) in [5.74, 6) is -3.68. The van der Waals surface area contributed by atoms with Crippen molar-refractivity contribution in [2.75, 3.05) is 5.32 Å². The lowest BCUT2D eigenvalue weighted by Crippen LogP contribution is -2.35. The predicted octanol–water partition coefficient (Wildman–Crippen LogP) is 3.90. The third kappa shape index (κ3) is 5.36. The van der Waals surface area contributed by atoms with Gasteiger partial charge in [0.1, 0.15) is 23.0 Å². The van der Waals surface area contributed by atoms with Crippen LogP contribution in [0.2, 0.25) is 0 Å². The highest BCUT2D eigenvalue weighted by atomic mass is 19.4. The maximum atomic E-state index is 13.4. The van der Waals surface area contributed by atoms with E-state index in [4.69, 9.17) is 0 Å². The number of carbonyl (C=O) groups is 2. The Morgan fingerprint density at radius 1 is 1.04 bits per heavy atom. The van der Waals surface area contributed by atoms with Gasteiger partial charge >= 0.3 is 12.2 Å². The van der Waals surface area contributed by atoms with Crippen LogP contribution in [0.1, 0.15) is 15.9 Å². The van der Waals surface area contributed by atoms with Gasteiger partial charge < -0.3 is 0 Å². The Morgan fingerprint density at radius 2 is 1.69 bits per heavy atom. The molecule has 2 rings (SSSR count). The van der Waals surface area contributed by atoms with Crippen molar-refractivity contribution in [3.8, 4) is 0 Å². The Hall–Kier alpha value is -3.30. The molecule has 0 spiro atoms. The number of benzene rings is 1. The molecule has 0 atom stereocenters. The van der Waals surface area contributed by atoms with Crippen LogP contribution in [-0.2, 0) is 0 Å². The molecule has 0 unspecified atom stereocenters. The number of anilines is 1. The molecule has 136 valence electrons. The summed E-state index contributed by atoms with van der Waals surface area (Å²) in [6.07, 6.45) is -2.62. The second kappa shape index (κ2) is 7.72. The van der Waals surface area contributed by atoms with E-state index >= 15 is 0 Å². The first-order valence-corrected chi connectivity index (χ1v) is 6.94. The molecule has 0 saturated heterocycles. The summed E-state index contributed by atoms with van der Waals surface area (Å²) in [6.45, 7) is 0. The van der Waals surface area contributed by atoms with Crippen molar-refractivity contribution in [3.05, 3.63) is 65.4 Å². The number of aromatic nitrogens is 1. The highest BCUT2D eigenvalue weighted by Gasteiger charge is 2.22. The van der Waals surface area contributed by atoms with Crippen molar-refractivity contribution >= 4 is 23.8 Å². The van der Waals surface area contributed by atoms with Gasteiger partial charge in [-0.1, -0.05) is 6.07 Å². The number of rotatable bonds is 3. The van der Waals surface area contributed by atoms with Crippen LogP contribution in [0.5, 0.6) is 0 Å². The van der Waals surface area contributed by atoms with E-state index < -0.39 is 35.3 Å². The van der Waals surface area contributed by atoms with Crippen LogP contribution in [0.15, 0.2) is 42.6 Å². The van der Waals surface area contributed by atoms with E-state index in [1.54, 1.807) is 5.32 Å². The van der Waals surface area contributed by atoms with Crippen molar-refractivity contribution < 1.29 is 31.5 Å². The number of hydrogen-bond acceptors (Lipinski definition) is 3. The lowest BCUT2D eigenvalue weighted by Gasteiger charge is -2.07. The van der Waals surface area contributed by atoms with Crippen LogP contribution < -0.4 is 10.6 Å². The van der Waals surface area contributed by atoms with Gasteiger partial charge in [-0.05, 0) is 35.9 Å². The third-order valence-corrected chi connectivity index (χ3v) is 2.91. The fraction of sp³-hybridized carbons (Fsp3) is 0.0625. The lowest BCUT2D eigenvalue weighted by atomic mass is 10.2. The molecule has 0 aliphatic carbocycles. The molecule has 10 heteroatoms. The number of nitrogens with zero attached hydrogens (tertiary/aromatic N) is 1. The molecule has 1 aromatic carbocycles. The van der Waals surface area contributed by atoms with E-state index in [0.29, 0.717) is 0 Å². The van der Waals surface area contributed by atoms with E-state index in [0.717, 1.165) is 30.5 Å². The molecule has 0 aliphatic heterocycles. The second-order valence-corrected chi connectivity index (χ2v) is 4.86. The third-order valence-electron chi connectivity index (χ3n) is 2.91. The van der Waals surface area contributed by atoms with Gasteiger partial charge in [-0.2, -0.15) is 13.2 Å². The van der Waals surface area contributed by atoms with Crippen LogP contribution in [0.4, 0.5) is 32.6 Å². The summed E-state index contributed by atoms with van der Waals surface area (Å²) in [4.78, 5) is 27.1. The van der Waals surface area contributed by atoms with Crippen LogP contribution in [0.3, 0.4) is 0 Å². The van der Waals surface area contributed by atoms with Crippen molar-refractivity contribution in [2.45, 2.75) is 6.18 Å². The number of hydrogen-bond donors (Lipinski definition) is 2. The van der Waals surface area contributed by atoms with Gasteiger partial charge in [0.2, 0.25) is 0 Å². The zero-order valence-electron chi connectivity index (χ0n) is 12.8. The summed E-state index contributed by atoms with van der Waals surface area (Å²) >= 11 is 0. The summed E-state index contributed by atoms with van der Waals surface area (Å²) < 4.78 is 63.1. The molecule has 1 aromatic heterocycles. The molecule has 0 fully saturated rings. The molecule has 0 bridgehead atoms. The average molecular weight is 371 g/mol. The Morgan fingerprint density at radius 3 is 2.23 bits per heavy atom. The first kappa shape index (κ1) is 19.0. The minimum atomic E-state index is -4.47. The van der Waals surface area contributed by atoms with E-state index in [2.05, 4.69) is 10.3 Å². The van der Waals surface area contributed by atoms with Crippen molar-refractivity contribution in [3.63, 3.8) is 0 Å². The van der Waals surface area contributed by atoms with E-state index in [-0.39, 0.29) is 17.5 Å². The Balaban J connectivity index is 2.00. The van der Waals surface area contributed by atoms with E-state index in [1.165, 1.54) is 12.1 Å². The number of allylic oxidation sites excluding steroid dienone is 1. The molecular weight excluding hydrogens is 361 g/mol. The highest BCUT2D eigenvalue weighted by molar-refractivity contribution is 6.07. The number of urea groups is 1. The number of imide groups is 1. The monoisotopic (exact) mass is 371 g/mol. The normalized spacial score (nSPS) is 11.4. The maximum Gasteiger partial charge on any atom is 0.409 e. The first-order valence-electron chi connectivity index (χ1n) is 6.94. The van der Waals surface area contributed by atoms with Crippen molar-refractivity contribution in [1.29, 1.82) is 0 Å². The second-order valence-electron chi connectivity index (χ2n) is 4.86. The molecule has 3 amide bonds. The molecule has 0 radical (unpaired) electrons. The largest absolute Gasteiger partial charge is 0.409 e. The van der Waals surface area contributed by atoms with E-state index in [1.807, 2.05) is 0 Å². The number of alkyl halides is 3. The number of nitrogens with one attached hydrogen (secondary N) is 2. The van der Waals surface area contributed by atoms with Gasteiger partial charge in [-0.25, -0.2) is 18.6 Å². The summed E-state index contributed by atoms with van der Waals surface area (Å²) in [5, 5.41) is 3.82. The van der Waals surface area contributed by atoms with Crippen molar-refractivity contribution in [2.24, 2.45) is 0 Å². The van der Waals surface area contributed by atoms with Gasteiger partial charge in [0.15, 0.2) is 0 Å². The Labute approximate surface area is 143 Å². The fourth-order valence-corrected chi connectivity index (χ4v) is 1.80. The van der Waals surface area contributed by atoms with Gasteiger partial charge in [-0.3, -0.25) is 15.4 Å². The van der Waals surface area contributed by atoms with Gasteiger partial charge in [-0.15, -0.1) is 0 Å². The topological polar surface area (TPSA) is 71.1 Å². The Bertz CT molecular complexity index is 828. The zero-order valence-corrected chi connectivity index (χ0v) is 12.8. The molecule has 1 heterocycles. The van der Waals surface area contributed by atoms with Crippen LogP contribution in [0.25, 0.3) is 6.08 Å². The minimum Gasteiger partial charge on any atom is -0.292 e. The zero-order chi connectivity index (χ0) is 19.3. The van der Waals surface area contributed by atoms with Crippen molar-refractivity contribution in [1.82, 2.24) is 10.3 Å². The van der Waals surface area contributed by atoms with Crippen LogP contribution >= 0.6 is 0 Å². The number of pyridine rings is 1. The molecule has 5 nitrogen and oxygen atoms in total. The minimum absolute atomic E-state index is 0.0193. The molecule has 2 N–H and O–H groups in total. The molecule has 26 heavy (non-hydrogen) atoms. The summed E-state index contributed by atoms with van der Waals surface area (Å²) in [6, 6.07) is 4.06. The van der Waals surface area contributed by atoms with Gasteiger partial charge in [0, 0.05) is 12.3 Å². The molecular formula is C16H10F5N3O2. The quantitative estimate of drug-likeness (QED) is 0.804. The van der Waals surface area contributed by atoms with Gasteiger partial charge in [0.05, 0.1) is 0 Å². The average Bonchev–Trinajstić information content (AvgIpc) is 2.53. The van der Waals surface area contributed by atoms with Crippen LogP contribution in [-0.4, -0.2) is 23.1 Å². The van der Waals surface area contributed by atoms with Gasteiger partial charge in [0.25, 0.3) is 5.91 Å². The summed E-state index contributed by atoms with van der Waals surface area (Å²) in [5.41, 5.74) is -0.805. The number of carbonyl (C=O) groups excluding carboxylic acids is 2. The molecule has 0 saturated carbocycles. The standard InChI is InChI=1S/C16H10F5N3O2/c17-10-2-1-3-11(18)13(10)14(25)24-15(26)23-12-5-4-9(8-22-12)6-7-16(19,20)21/h1-8H,(H2,22,23,24,25,26)/b7-6+. The molecule has 2 aromatic rings. The Kier molecular flexibility index (Phi) is 5.65. The number of amides is 3. The maximum absolute atomic E-state index is 13.4. The molecule has 0 aliphatic rings. The SMILES string of the molecule is O=C(NC(=O)c1c(F)cccc1F)Nc1ccc(/C=C/C(F)(F)F)cn1. The first-order chi connectivity index (χ1) is 12.2. The summed E-state index contributed by atoms with van der Waals surface area (Å²) in [7, 11) is 0. The highest BCUT2D eigenvalue weighted by Crippen LogP contribution is 2.18. The van der Waals surface area contributed by atoms with E-state index in [9.17, 15) is 31.5 Å². The smallest absolute Gasteiger partial charge is 0.292 e. The lowest BCUT2D eigenvalue weighted by molar-refractivity contribution is -0.0790. The fourth-order valence-electron chi connectivity index (χ4n) is 1.80.